The van der Waals surface area contributed by atoms with E-state index in [0.717, 1.165) is 18.5 Å². The third-order valence-corrected chi connectivity index (χ3v) is 5.65. The maximum absolute atomic E-state index is 5.12. The molecular weight excluding hydrogens is 316 g/mol. The molecule has 5 aromatic rings. The van der Waals surface area contributed by atoms with Crippen LogP contribution in [0.25, 0.3) is 44.2 Å². The molecule has 1 aliphatic carbocycles. The fourth-order valence-electron chi connectivity index (χ4n) is 4.45. The maximum Gasteiger partial charge on any atom is 0.146 e. The van der Waals surface area contributed by atoms with Gasteiger partial charge in [-0.3, -0.25) is 4.40 Å². The molecule has 0 saturated heterocycles. The second-order valence-corrected chi connectivity index (χ2v) is 7.27. The monoisotopic (exact) mass is 334 g/mol. The highest BCUT2D eigenvalue weighted by atomic mass is 15.0. The summed E-state index contributed by atoms with van der Waals surface area (Å²) in [7, 11) is 0. The Kier molecular flexibility index (Phi) is 2.68. The smallest absolute Gasteiger partial charge is 0.146 e. The second-order valence-electron chi connectivity index (χ2n) is 7.27. The summed E-state index contributed by atoms with van der Waals surface area (Å²) in [4.78, 5) is 5.12. The van der Waals surface area contributed by atoms with E-state index in [1.807, 2.05) is 0 Å². The van der Waals surface area contributed by atoms with Gasteiger partial charge in [-0.05, 0) is 53.6 Å². The van der Waals surface area contributed by atoms with Crippen molar-refractivity contribution < 1.29 is 0 Å². The summed E-state index contributed by atoms with van der Waals surface area (Å²) in [5.41, 5.74) is 6.09. The molecule has 0 radical (unpaired) electrons. The first-order valence-electron chi connectivity index (χ1n) is 9.23. The summed E-state index contributed by atoms with van der Waals surface area (Å²) in [5.74, 6) is 0. The third kappa shape index (κ3) is 1.74. The molecule has 6 rings (SSSR count). The Morgan fingerprint density at radius 2 is 1.81 bits per heavy atom. The number of rotatable bonds is 0. The van der Waals surface area contributed by atoms with Crippen molar-refractivity contribution in [2.45, 2.75) is 19.8 Å². The molecule has 2 heteroatoms. The van der Waals surface area contributed by atoms with Gasteiger partial charge in [0, 0.05) is 10.8 Å². The van der Waals surface area contributed by atoms with E-state index in [-0.39, 0.29) is 0 Å². The van der Waals surface area contributed by atoms with Gasteiger partial charge >= 0.3 is 0 Å². The molecule has 0 bridgehead atoms. The minimum absolute atomic E-state index is 1.02. The Hall–Kier alpha value is -3.13. The highest BCUT2D eigenvalue weighted by Crippen LogP contribution is 2.37. The third-order valence-electron chi connectivity index (χ3n) is 5.65. The lowest BCUT2D eigenvalue weighted by molar-refractivity contribution is 0.943. The zero-order valence-corrected chi connectivity index (χ0v) is 14.7. The molecule has 0 fully saturated rings. The second kappa shape index (κ2) is 4.95. The van der Waals surface area contributed by atoms with Crippen molar-refractivity contribution >= 4 is 44.2 Å². The van der Waals surface area contributed by atoms with Crippen molar-refractivity contribution in [3.63, 3.8) is 0 Å². The van der Waals surface area contributed by atoms with Crippen LogP contribution in [-0.2, 0) is 6.42 Å². The number of imidazole rings is 1. The number of hydrogen-bond acceptors (Lipinski definition) is 1. The first-order valence-corrected chi connectivity index (χ1v) is 9.23. The summed E-state index contributed by atoms with van der Waals surface area (Å²) in [6.45, 7) is 2.16. The molecule has 1 aliphatic rings. The summed E-state index contributed by atoms with van der Waals surface area (Å²) in [6, 6.07) is 19.9. The quantitative estimate of drug-likeness (QED) is 0.315. The number of nitrogens with zero attached hydrogens (tertiary/aromatic N) is 2. The average molecular weight is 334 g/mol. The molecule has 26 heavy (non-hydrogen) atoms. The van der Waals surface area contributed by atoms with Crippen LogP contribution in [-0.4, -0.2) is 9.38 Å². The van der Waals surface area contributed by atoms with E-state index in [1.165, 1.54) is 49.4 Å². The van der Waals surface area contributed by atoms with Gasteiger partial charge in [0.2, 0.25) is 0 Å². The van der Waals surface area contributed by atoms with Crippen LogP contribution < -0.4 is 0 Å². The normalized spacial score (nSPS) is 13.9. The van der Waals surface area contributed by atoms with Gasteiger partial charge in [-0.2, -0.15) is 0 Å². The van der Waals surface area contributed by atoms with E-state index in [4.69, 9.17) is 4.98 Å². The van der Waals surface area contributed by atoms with Gasteiger partial charge in [-0.25, -0.2) is 4.98 Å². The Labute approximate surface area is 151 Å². The number of benzene rings is 3. The molecule has 0 spiro atoms. The van der Waals surface area contributed by atoms with Crippen molar-refractivity contribution in [2.24, 2.45) is 0 Å². The van der Waals surface area contributed by atoms with Crippen LogP contribution in [0.1, 0.15) is 23.4 Å². The van der Waals surface area contributed by atoms with Crippen LogP contribution >= 0.6 is 0 Å². The summed E-state index contributed by atoms with van der Waals surface area (Å²) in [6.07, 6.45) is 6.61. The van der Waals surface area contributed by atoms with Crippen molar-refractivity contribution in [1.82, 2.24) is 9.38 Å². The van der Waals surface area contributed by atoms with Gasteiger partial charge in [0.25, 0.3) is 0 Å². The van der Waals surface area contributed by atoms with Crippen LogP contribution in [0.15, 0.2) is 60.7 Å². The lowest BCUT2D eigenvalue weighted by Gasteiger charge is -2.13. The van der Waals surface area contributed by atoms with Crippen molar-refractivity contribution in [3.8, 4) is 0 Å². The predicted octanol–water partition coefficient (Wildman–Crippen LogP) is 6.06. The van der Waals surface area contributed by atoms with Gasteiger partial charge in [-0.15, -0.1) is 0 Å². The van der Waals surface area contributed by atoms with Crippen molar-refractivity contribution in [2.75, 3.05) is 0 Å². The SMILES string of the molecule is Cc1ccc2c3ccc4ccccc4c3c3nc4c(n3c2c1)C=CCC4. The van der Waals surface area contributed by atoms with Crippen molar-refractivity contribution in [3.05, 3.63) is 77.6 Å². The number of pyridine rings is 1. The summed E-state index contributed by atoms with van der Waals surface area (Å²) < 4.78 is 2.38. The van der Waals surface area contributed by atoms with Crippen LogP contribution in [0.2, 0.25) is 0 Å². The van der Waals surface area contributed by atoms with Gasteiger partial charge < -0.3 is 0 Å². The van der Waals surface area contributed by atoms with E-state index >= 15 is 0 Å². The number of fused-ring (bicyclic) bond motifs is 10. The van der Waals surface area contributed by atoms with E-state index in [0.29, 0.717) is 0 Å². The number of allylic oxidation sites excluding steroid dienone is 1. The molecule has 2 heterocycles. The Balaban J connectivity index is 2.00. The zero-order chi connectivity index (χ0) is 17.3. The van der Waals surface area contributed by atoms with Crippen LogP contribution in [0.4, 0.5) is 0 Å². The highest BCUT2D eigenvalue weighted by molar-refractivity contribution is 6.22. The first kappa shape index (κ1) is 14.1. The topological polar surface area (TPSA) is 17.3 Å². The molecule has 0 amide bonds. The lowest BCUT2D eigenvalue weighted by Crippen LogP contribution is -1.97. The Bertz CT molecular complexity index is 1390. The Morgan fingerprint density at radius 3 is 2.77 bits per heavy atom. The van der Waals surface area contributed by atoms with E-state index in [2.05, 4.69) is 78.1 Å². The molecule has 2 aromatic heterocycles. The first-order chi connectivity index (χ1) is 12.8. The van der Waals surface area contributed by atoms with Crippen LogP contribution in [0, 0.1) is 6.92 Å². The zero-order valence-electron chi connectivity index (χ0n) is 14.7. The minimum atomic E-state index is 1.02. The number of hydrogen-bond donors (Lipinski definition) is 0. The molecule has 0 N–H and O–H groups in total. The van der Waals surface area contributed by atoms with E-state index < -0.39 is 0 Å². The van der Waals surface area contributed by atoms with Gasteiger partial charge in [0.1, 0.15) is 5.65 Å². The fourth-order valence-corrected chi connectivity index (χ4v) is 4.45. The predicted molar refractivity (Wildman–Crippen MR) is 110 cm³/mol. The van der Waals surface area contributed by atoms with Crippen LogP contribution in [0.5, 0.6) is 0 Å². The number of aryl methyl sites for hydroxylation is 2. The molecular formula is C24H18N2. The lowest BCUT2D eigenvalue weighted by atomic mass is 9.99. The van der Waals surface area contributed by atoms with Gasteiger partial charge in [0.05, 0.1) is 16.9 Å². The van der Waals surface area contributed by atoms with Gasteiger partial charge in [0.15, 0.2) is 0 Å². The molecule has 3 aromatic carbocycles. The molecule has 2 nitrogen and oxygen atoms in total. The number of aromatic nitrogens is 2. The largest absolute Gasteiger partial charge is 0.292 e. The van der Waals surface area contributed by atoms with E-state index in [1.54, 1.807) is 0 Å². The van der Waals surface area contributed by atoms with Crippen LogP contribution in [0.3, 0.4) is 0 Å². The van der Waals surface area contributed by atoms with Gasteiger partial charge in [-0.1, -0.05) is 54.6 Å². The van der Waals surface area contributed by atoms with E-state index in [9.17, 15) is 0 Å². The molecule has 0 saturated carbocycles. The summed E-state index contributed by atoms with van der Waals surface area (Å²) in [5, 5.41) is 6.40. The molecule has 124 valence electrons. The highest BCUT2D eigenvalue weighted by Gasteiger charge is 2.19. The average Bonchev–Trinajstić information content (AvgIpc) is 3.07. The molecule has 0 atom stereocenters. The standard InChI is InChI=1S/C24H18N2/c1-15-10-12-18-19-13-11-16-6-2-3-7-17(16)23(19)24-25-20-8-4-5-9-21(20)26(24)22(18)14-15/h2-3,5-7,9-14H,4,8H2,1H3. The fraction of sp³-hybridized carbons (Fsp3) is 0.125. The minimum Gasteiger partial charge on any atom is -0.292 e. The maximum atomic E-state index is 5.12. The Morgan fingerprint density at radius 1 is 0.923 bits per heavy atom. The molecule has 0 unspecified atom stereocenters. The van der Waals surface area contributed by atoms with Crippen molar-refractivity contribution in [1.29, 1.82) is 0 Å². The molecule has 0 aliphatic heterocycles. The summed E-state index contributed by atoms with van der Waals surface area (Å²) >= 11 is 0.